The van der Waals surface area contributed by atoms with E-state index in [0.29, 0.717) is 11.3 Å². The van der Waals surface area contributed by atoms with Gasteiger partial charge in [-0.25, -0.2) is 0 Å². The number of aliphatic hydroxyl groups excluding tert-OH is 1. The van der Waals surface area contributed by atoms with Gasteiger partial charge in [0.1, 0.15) is 12.4 Å². The maximum absolute atomic E-state index is 9.83. The Morgan fingerprint density at radius 3 is 2.88 bits per heavy atom. The molecule has 0 bridgehead atoms. The summed E-state index contributed by atoms with van der Waals surface area (Å²) in [5.74, 6) is -0.844. The number of aliphatic hydroxyl groups is 3. The molecule has 0 spiro atoms. The lowest BCUT2D eigenvalue weighted by Gasteiger charge is -2.16. The summed E-state index contributed by atoms with van der Waals surface area (Å²) in [6.45, 7) is 0.0366. The van der Waals surface area contributed by atoms with Crippen molar-refractivity contribution >= 4 is 0 Å². The molecule has 1 aliphatic heterocycles. The molecule has 0 unspecified atom stereocenters. The van der Waals surface area contributed by atoms with E-state index in [-0.39, 0.29) is 25.0 Å². The van der Waals surface area contributed by atoms with Crippen molar-refractivity contribution in [3.8, 4) is 5.75 Å². The fourth-order valence-electron chi connectivity index (χ4n) is 2.49. The summed E-state index contributed by atoms with van der Waals surface area (Å²) >= 11 is 0. The lowest BCUT2D eigenvalue weighted by molar-refractivity contribution is -0.174. The first kappa shape index (κ1) is 10.1. The van der Waals surface area contributed by atoms with Crippen molar-refractivity contribution < 1.29 is 20.1 Å². The second-order valence-corrected chi connectivity index (χ2v) is 4.61. The average molecular weight is 222 g/mol. The molecule has 0 saturated heterocycles. The highest BCUT2D eigenvalue weighted by Gasteiger charge is 2.46. The highest BCUT2D eigenvalue weighted by Crippen LogP contribution is 2.52. The minimum absolute atomic E-state index is 0.115. The van der Waals surface area contributed by atoms with Gasteiger partial charge < -0.3 is 20.1 Å². The van der Waals surface area contributed by atoms with Crippen LogP contribution in [0.5, 0.6) is 5.75 Å². The molecule has 0 radical (unpaired) electrons. The Morgan fingerprint density at radius 2 is 2.19 bits per heavy atom. The van der Waals surface area contributed by atoms with Crippen molar-refractivity contribution in [2.75, 3.05) is 13.2 Å². The number of fused-ring (bicyclic) bond motifs is 1. The third-order valence-corrected chi connectivity index (χ3v) is 3.44. The zero-order chi connectivity index (χ0) is 11.3. The molecule has 86 valence electrons. The first-order chi connectivity index (χ1) is 7.63. The molecule has 3 rings (SSSR count). The fourth-order valence-corrected chi connectivity index (χ4v) is 2.49. The third-order valence-electron chi connectivity index (χ3n) is 3.44. The van der Waals surface area contributed by atoms with Crippen LogP contribution < -0.4 is 4.74 Å². The summed E-state index contributed by atoms with van der Waals surface area (Å²) in [4.78, 5) is 0. The van der Waals surface area contributed by atoms with Crippen LogP contribution in [0.2, 0.25) is 0 Å². The summed E-state index contributed by atoms with van der Waals surface area (Å²) in [5, 5.41) is 28.7. The number of hydrogen-bond donors (Lipinski definition) is 3. The minimum atomic E-state index is -1.88. The number of hydrogen-bond acceptors (Lipinski definition) is 4. The average Bonchev–Trinajstić information content (AvgIpc) is 2.99. The maximum Gasteiger partial charge on any atom is 0.229 e. The standard InChI is InChI=1S/C12H14O4/c13-5-7-4-9(7)8-2-1-3-10-11(8)12(14,15)6-16-10/h1-3,7,9,13-15H,4-6H2/t7-,9+/m0/s1. The van der Waals surface area contributed by atoms with Gasteiger partial charge in [0.05, 0.1) is 5.56 Å². The minimum Gasteiger partial charge on any atom is -0.487 e. The van der Waals surface area contributed by atoms with Crippen LogP contribution in [0, 0.1) is 5.92 Å². The summed E-state index contributed by atoms with van der Waals surface area (Å²) < 4.78 is 5.24. The zero-order valence-electron chi connectivity index (χ0n) is 8.76. The van der Waals surface area contributed by atoms with Gasteiger partial charge in [0.2, 0.25) is 5.79 Å². The molecule has 1 aromatic rings. The maximum atomic E-state index is 9.83. The predicted octanol–water partition coefficient (Wildman–Crippen LogP) is 0.312. The van der Waals surface area contributed by atoms with Gasteiger partial charge in [-0.1, -0.05) is 12.1 Å². The summed E-state index contributed by atoms with van der Waals surface area (Å²) in [5.41, 5.74) is 1.38. The summed E-state index contributed by atoms with van der Waals surface area (Å²) in [6, 6.07) is 5.47. The van der Waals surface area contributed by atoms with E-state index in [1.807, 2.05) is 12.1 Å². The Balaban J connectivity index is 2.04. The molecule has 1 aromatic carbocycles. The Labute approximate surface area is 93.1 Å². The Hall–Kier alpha value is -1.10. The zero-order valence-corrected chi connectivity index (χ0v) is 8.76. The van der Waals surface area contributed by atoms with Crippen molar-refractivity contribution in [1.82, 2.24) is 0 Å². The molecular weight excluding hydrogens is 208 g/mol. The largest absolute Gasteiger partial charge is 0.487 e. The number of ether oxygens (including phenoxy) is 1. The first-order valence-corrected chi connectivity index (χ1v) is 5.45. The number of rotatable bonds is 2. The van der Waals surface area contributed by atoms with Crippen LogP contribution in [-0.4, -0.2) is 28.5 Å². The molecule has 1 aliphatic carbocycles. The monoisotopic (exact) mass is 222 g/mol. The fraction of sp³-hybridized carbons (Fsp3) is 0.500. The molecule has 0 aromatic heterocycles. The van der Waals surface area contributed by atoms with Crippen LogP contribution in [0.4, 0.5) is 0 Å². The van der Waals surface area contributed by atoms with Gasteiger partial charge in [-0.3, -0.25) is 0 Å². The number of benzene rings is 1. The Morgan fingerprint density at radius 1 is 1.38 bits per heavy atom. The smallest absolute Gasteiger partial charge is 0.229 e. The molecule has 4 heteroatoms. The summed E-state index contributed by atoms with van der Waals surface area (Å²) in [6.07, 6.45) is 0.906. The Kier molecular flexibility index (Phi) is 2.01. The van der Waals surface area contributed by atoms with Crippen LogP contribution in [-0.2, 0) is 5.79 Å². The molecule has 1 fully saturated rings. The van der Waals surface area contributed by atoms with E-state index in [0.717, 1.165) is 12.0 Å². The van der Waals surface area contributed by atoms with E-state index in [9.17, 15) is 10.2 Å². The topological polar surface area (TPSA) is 69.9 Å². The molecular formula is C12H14O4. The van der Waals surface area contributed by atoms with Gasteiger partial charge in [-0.2, -0.15) is 0 Å². The molecule has 1 heterocycles. The molecule has 2 atom stereocenters. The molecule has 16 heavy (non-hydrogen) atoms. The summed E-state index contributed by atoms with van der Waals surface area (Å²) in [7, 11) is 0. The second-order valence-electron chi connectivity index (χ2n) is 4.61. The van der Waals surface area contributed by atoms with Gasteiger partial charge >= 0.3 is 0 Å². The van der Waals surface area contributed by atoms with Crippen molar-refractivity contribution in [1.29, 1.82) is 0 Å². The molecule has 4 nitrogen and oxygen atoms in total. The van der Waals surface area contributed by atoms with E-state index < -0.39 is 5.79 Å². The van der Waals surface area contributed by atoms with E-state index >= 15 is 0 Å². The third kappa shape index (κ3) is 1.34. The highest BCUT2D eigenvalue weighted by atomic mass is 16.6. The molecule has 0 amide bonds. The molecule has 1 saturated carbocycles. The lowest BCUT2D eigenvalue weighted by Crippen LogP contribution is -2.27. The van der Waals surface area contributed by atoms with E-state index in [1.165, 1.54) is 0 Å². The molecule has 2 aliphatic rings. The Bertz CT molecular complexity index is 427. The highest BCUT2D eigenvalue weighted by molar-refractivity contribution is 5.49. The van der Waals surface area contributed by atoms with Crippen molar-refractivity contribution in [3.63, 3.8) is 0 Å². The van der Waals surface area contributed by atoms with Gasteiger partial charge in [0.25, 0.3) is 0 Å². The van der Waals surface area contributed by atoms with Gasteiger partial charge in [-0.05, 0) is 29.9 Å². The van der Waals surface area contributed by atoms with E-state index in [4.69, 9.17) is 9.84 Å². The second kappa shape index (κ2) is 3.20. The van der Waals surface area contributed by atoms with Crippen molar-refractivity contribution in [2.24, 2.45) is 5.92 Å². The van der Waals surface area contributed by atoms with Gasteiger partial charge in [0.15, 0.2) is 0 Å². The lowest BCUT2D eigenvalue weighted by atomic mass is 9.96. The van der Waals surface area contributed by atoms with Crippen LogP contribution in [0.15, 0.2) is 18.2 Å². The SMILES string of the molecule is OC[C@@H]1C[C@H]1c1cccc2c1C(O)(O)CO2. The van der Waals surface area contributed by atoms with Crippen LogP contribution >= 0.6 is 0 Å². The normalized spacial score (nSPS) is 29.7. The molecule has 3 N–H and O–H groups in total. The van der Waals surface area contributed by atoms with Gasteiger partial charge in [0, 0.05) is 6.61 Å². The van der Waals surface area contributed by atoms with E-state index in [1.54, 1.807) is 6.07 Å². The van der Waals surface area contributed by atoms with E-state index in [2.05, 4.69) is 0 Å². The van der Waals surface area contributed by atoms with Crippen LogP contribution in [0.3, 0.4) is 0 Å². The van der Waals surface area contributed by atoms with Crippen LogP contribution in [0.1, 0.15) is 23.5 Å². The van der Waals surface area contributed by atoms with Crippen molar-refractivity contribution in [3.05, 3.63) is 29.3 Å². The van der Waals surface area contributed by atoms with Gasteiger partial charge in [-0.15, -0.1) is 0 Å². The van der Waals surface area contributed by atoms with Crippen LogP contribution in [0.25, 0.3) is 0 Å². The predicted molar refractivity (Wildman–Crippen MR) is 56.0 cm³/mol. The quantitative estimate of drug-likeness (QED) is 0.630. The van der Waals surface area contributed by atoms with Crippen molar-refractivity contribution in [2.45, 2.75) is 18.1 Å². The first-order valence-electron chi connectivity index (χ1n) is 5.45.